The highest BCUT2D eigenvalue weighted by atomic mass is 35.5. The molecule has 0 spiro atoms. The van der Waals surface area contributed by atoms with Crippen LogP contribution in [-0.2, 0) is 12.8 Å². The number of nitrogens with two attached hydrogens (primary N) is 2. The highest BCUT2D eigenvalue weighted by molar-refractivity contribution is 6.31. The van der Waals surface area contributed by atoms with Crippen LogP contribution >= 0.6 is 23.2 Å². The molecule has 0 unspecified atom stereocenters. The summed E-state index contributed by atoms with van der Waals surface area (Å²) in [6.45, 7) is 1.34. The fourth-order valence-corrected chi connectivity index (χ4v) is 2.16. The van der Waals surface area contributed by atoms with Crippen LogP contribution in [0.25, 0.3) is 0 Å². The first-order valence-electron chi connectivity index (χ1n) is 6.55. The Morgan fingerprint density at radius 3 is 2.10 bits per heavy atom. The van der Waals surface area contributed by atoms with E-state index in [0.717, 1.165) is 28.5 Å². The Hall–Kier alpha value is -1.06. The second kappa shape index (κ2) is 9.78. The summed E-state index contributed by atoms with van der Waals surface area (Å²) in [5.74, 6) is 0. The maximum atomic E-state index is 5.85. The van der Waals surface area contributed by atoms with Gasteiger partial charge >= 0.3 is 0 Å². The lowest BCUT2D eigenvalue weighted by atomic mass is 10.1. The topological polar surface area (TPSA) is 52.0 Å². The third-order valence-corrected chi connectivity index (χ3v) is 3.30. The molecular weight excluding hydrogens is 291 g/mol. The maximum absolute atomic E-state index is 5.85. The SMILES string of the molecule is NCCc1cccc(Cl)c1.NCCc1ccccc1Cl. The minimum Gasteiger partial charge on any atom is -0.330 e. The van der Waals surface area contributed by atoms with Crippen molar-refractivity contribution in [3.8, 4) is 0 Å². The minimum absolute atomic E-state index is 0.656. The van der Waals surface area contributed by atoms with Crippen LogP contribution in [0.1, 0.15) is 11.1 Å². The third-order valence-electron chi connectivity index (χ3n) is 2.69. The summed E-state index contributed by atoms with van der Waals surface area (Å²) in [7, 11) is 0. The molecule has 2 rings (SSSR count). The number of hydrogen-bond acceptors (Lipinski definition) is 2. The standard InChI is InChI=1S/2C8H10ClN/c9-8-3-1-2-7(6-8)4-5-10;9-8-4-2-1-3-7(8)5-6-10/h1-3,6H,4-5,10H2;1-4H,5-6,10H2. The molecule has 0 aliphatic heterocycles. The van der Waals surface area contributed by atoms with Crippen molar-refractivity contribution in [2.75, 3.05) is 13.1 Å². The Bertz CT molecular complexity index is 515. The first kappa shape index (κ1) is 17.0. The third kappa shape index (κ3) is 6.40. The van der Waals surface area contributed by atoms with Crippen LogP contribution < -0.4 is 11.5 Å². The number of rotatable bonds is 4. The van der Waals surface area contributed by atoms with Gasteiger partial charge in [0, 0.05) is 10.0 Å². The molecular formula is C16H20Cl2N2. The molecule has 0 atom stereocenters. The molecule has 0 bridgehead atoms. The van der Waals surface area contributed by atoms with Crippen molar-refractivity contribution >= 4 is 23.2 Å². The van der Waals surface area contributed by atoms with E-state index in [9.17, 15) is 0 Å². The van der Waals surface area contributed by atoms with E-state index in [-0.39, 0.29) is 0 Å². The molecule has 0 aromatic heterocycles. The van der Waals surface area contributed by atoms with Gasteiger partial charge in [-0.1, -0.05) is 53.5 Å². The molecule has 0 saturated heterocycles. The molecule has 2 nitrogen and oxygen atoms in total. The molecule has 4 N–H and O–H groups in total. The molecule has 20 heavy (non-hydrogen) atoms. The number of halogens is 2. The maximum Gasteiger partial charge on any atom is 0.0438 e. The van der Waals surface area contributed by atoms with E-state index in [1.807, 2.05) is 48.5 Å². The van der Waals surface area contributed by atoms with Crippen molar-refractivity contribution in [3.63, 3.8) is 0 Å². The van der Waals surface area contributed by atoms with Crippen molar-refractivity contribution in [1.82, 2.24) is 0 Å². The van der Waals surface area contributed by atoms with Gasteiger partial charge in [0.1, 0.15) is 0 Å². The van der Waals surface area contributed by atoms with Crippen LogP contribution in [0.3, 0.4) is 0 Å². The smallest absolute Gasteiger partial charge is 0.0438 e. The van der Waals surface area contributed by atoms with Gasteiger partial charge in [0.15, 0.2) is 0 Å². The van der Waals surface area contributed by atoms with E-state index in [2.05, 4.69) is 0 Å². The number of benzene rings is 2. The molecule has 0 fully saturated rings. The Kier molecular flexibility index (Phi) is 8.31. The summed E-state index contributed by atoms with van der Waals surface area (Å²) in [4.78, 5) is 0. The molecule has 0 aliphatic rings. The van der Waals surface area contributed by atoms with E-state index in [0.29, 0.717) is 13.1 Å². The van der Waals surface area contributed by atoms with Gasteiger partial charge in [0.05, 0.1) is 0 Å². The Labute approximate surface area is 130 Å². The highest BCUT2D eigenvalue weighted by Crippen LogP contribution is 2.14. The summed E-state index contributed by atoms with van der Waals surface area (Å²) >= 11 is 11.6. The second-order valence-electron chi connectivity index (χ2n) is 4.30. The van der Waals surface area contributed by atoms with Gasteiger partial charge in [-0.2, -0.15) is 0 Å². The monoisotopic (exact) mass is 310 g/mol. The molecule has 4 heteroatoms. The Morgan fingerprint density at radius 1 is 0.800 bits per heavy atom. The summed E-state index contributed by atoms with van der Waals surface area (Å²) < 4.78 is 0. The average Bonchev–Trinajstić information content (AvgIpc) is 2.43. The molecule has 108 valence electrons. The summed E-state index contributed by atoms with van der Waals surface area (Å²) in [5.41, 5.74) is 13.1. The fourth-order valence-electron chi connectivity index (χ4n) is 1.72. The molecule has 0 amide bonds. The Balaban J connectivity index is 0.000000200. The van der Waals surface area contributed by atoms with Gasteiger partial charge in [0.2, 0.25) is 0 Å². The van der Waals surface area contributed by atoms with Crippen molar-refractivity contribution < 1.29 is 0 Å². The van der Waals surface area contributed by atoms with E-state index in [4.69, 9.17) is 34.7 Å². The summed E-state index contributed by atoms with van der Waals surface area (Å²) in [5, 5.41) is 1.60. The summed E-state index contributed by atoms with van der Waals surface area (Å²) in [6, 6.07) is 15.5. The molecule has 0 heterocycles. The zero-order chi connectivity index (χ0) is 14.8. The van der Waals surface area contributed by atoms with Crippen molar-refractivity contribution in [2.24, 2.45) is 11.5 Å². The molecule has 0 saturated carbocycles. The normalized spacial score (nSPS) is 9.80. The van der Waals surface area contributed by atoms with Crippen LogP contribution in [0, 0.1) is 0 Å². The predicted molar refractivity (Wildman–Crippen MR) is 88.4 cm³/mol. The molecule has 0 radical (unpaired) electrons. The van der Waals surface area contributed by atoms with Crippen LogP contribution in [0.15, 0.2) is 48.5 Å². The van der Waals surface area contributed by atoms with Gasteiger partial charge in [-0.25, -0.2) is 0 Å². The van der Waals surface area contributed by atoms with Gasteiger partial charge in [0.25, 0.3) is 0 Å². The van der Waals surface area contributed by atoms with E-state index >= 15 is 0 Å². The van der Waals surface area contributed by atoms with Gasteiger partial charge in [-0.15, -0.1) is 0 Å². The van der Waals surface area contributed by atoms with E-state index < -0.39 is 0 Å². The van der Waals surface area contributed by atoms with Crippen molar-refractivity contribution in [1.29, 1.82) is 0 Å². The van der Waals surface area contributed by atoms with Gasteiger partial charge in [-0.3, -0.25) is 0 Å². The second-order valence-corrected chi connectivity index (χ2v) is 5.14. The van der Waals surface area contributed by atoms with Crippen molar-refractivity contribution in [2.45, 2.75) is 12.8 Å². The zero-order valence-corrected chi connectivity index (χ0v) is 12.9. The fraction of sp³-hybridized carbons (Fsp3) is 0.250. The number of hydrogen-bond donors (Lipinski definition) is 2. The molecule has 2 aromatic rings. The van der Waals surface area contributed by atoms with Gasteiger partial charge in [-0.05, 0) is 55.3 Å². The highest BCUT2D eigenvalue weighted by Gasteiger charge is 1.94. The van der Waals surface area contributed by atoms with Crippen LogP contribution in [0.4, 0.5) is 0 Å². The average molecular weight is 311 g/mol. The lowest BCUT2D eigenvalue weighted by molar-refractivity contribution is 0.969. The summed E-state index contributed by atoms with van der Waals surface area (Å²) in [6.07, 6.45) is 1.76. The lowest BCUT2D eigenvalue weighted by Crippen LogP contribution is -2.02. The minimum atomic E-state index is 0.656. The van der Waals surface area contributed by atoms with Crippen LogP contribution in [0.2, 0.25) is 10.0 Å². The zero-order valence-electron chi connectivity index (χ0n) is 11.4. The molecule has 2 aromatic carbocycles. The van der Waals surface area contributed by atoms with Crippen molar-refractivity contribution in [3.05, 3.63) is 69.7 Å². The Morgan fingerprint density at radius 2 is 1.50 bits per heavy atom. The van der Waals surface area contributed by atoms with E-state index in [1.54, 1.807) is 0 Å². The first-order valence-corrected chi connectivity index (χ1v) is 7.31. The first-order chi connectivity index (χ1) is 9.67. The largest absolute Gasteiger partial charge is 0.330 e. The molecule has 0 aliphatic carbocycles. The quantitative estimate of drug-likeness (QED) is 0.905. The van der Waals surface area contributed by atoms with E-state index in [1.165, 1.54) is 5.56 Å². The van der Waals surface area contributed by atoms with Crippen LogP contribution in [0.5, 0.6) is 0 Å². The van der Waals surface area contributed by atoms with Crippen LogP contribution in [-0.4, -0.2) is 13.1 Å². The van der Waals surface area contributed by atoms with Gasteiger partial charge < -0.3 is 11.5 Å². The lowest BCUT2D eigenvalue weighted by Gasteiger charge is -1.99. The predicted octanol–water partition coefficient (Wildman–Crippen LogP) is 3.68.